The predicted molar refractivity (Wildman–Crippen MR) is 59.9 cm³/mol. The molecule has 0 aliphatic heterocycles. The fourth-order valence-corrected chi connectivity index (χ4v) is 1.69. The van der Waals surface area contributed by atoms with Crippen LogP contribution in [0.3, 0.4) is 0 Å². The van der Waals surface area contributed by atoms with E-state index in [-0.39, 0.29) is 12.2 Å². The highest BCUT2D eigenvalue weighted by molar-refractivity contribution is 5.81. The van der Waals surface area contributed by atoms with Crippen LogP contribution in [0, 0.1) is 5.82 Å². The van der Waals surface area contributed by atoms with E-state index < -0.39 is 5.82 Å². The van der Waals surface area contributed by atoms with Gasteiger partial charge in [-0.3, -0.25) is 4.79 Å². The van der Waals surface area contributed by atoms with Gasteiger partial charge in [0.05, 0.1) is 0 Å². The smallest absolute Gasteiger partial charge is 0.256 e. The third kappa shape index (κ3) is 2.12. The van der Waals surface area contributed by atoms with Gasteiger partial charge in [-0.15, -0.1) is 0 Å². The Hall–Kier alpha value is -1.68. The largest absolute Gasteiger partial charge is 0.396 e. The third-order valence-corrected chi connectivity index (χ3v) is 2.47. The van der Waals surface area contributed by atoms with Crippen molar-refractivity contribution in [2.24, 2.45) is 0 Å². The maximum absolute atomic E-state index is 12.9. The lowest BCUT2D eigenvalue weighted by molar-refractivity contribution is 0.288. The number of hydrogen-bond donors (Lipinski definition) is 2. The van der Waals surface area contributed by atoms with E-state index in [9.17, 15) is 9.18 Å². The van der Waals surface area contributed by atoms with Crippen molar-refractivity contribution in [3.63, 3.8) is 0 Å². The molecule has 0 aliphatic carbocycles. The van der Waals surface area contributed by atoms with Crippen LogP contribution in [-0.2, 0) is 6.42 Å². The average Bonchev–Trinajstić information content (AvgIpc) is 2.27. The van der Waals surface area contributed by atoms with Crippen molar-refractivity contribution >= 4 is 10.8 Å². The van der Waals surface area contributed by atoms with E-state index in [1.165, 1.54) is 12.1 Å². The first-order chi connectivity index (χ1) is 7.70. The number of benzene rings is 1. The number of aliphatic hydroxyl groups excluding tert-OH is 1. The second-order valence-corrected chi connectivity index (χ2v) is 3.68. The Morgan fingerprint density at radius 1 is 1.31 bits per heavy atom. The van der Waals surface area contributed by atoms with Crippen LogP contribution in [-0.4, -0.2) is 16.7 Å². The van der Waals surface area contributed by atoms with Crippen LogP contribution >= 0.6 is 0 Å². The molecule has 1 aromatic heterocycles. The first-order valence-corrected chi connectivity index (χ1v) is 5.13. The fraction of sp³-hybridized carbons (Fsp3) is 0.250. The predicted octanol–water partition coefficient (Wildman–Crippen LogP) is 1.59. The van der Waals surface area contributed by atoms with E-state index in [4.69, 9.17) is 5.11 Å². The van der Waals surface area contributed by atoms with E-state index >= 15 is 0 Å². The fourth-order valence-electron chi connectivity index (χ4n) is 1.69. The third-order valence-electron chi connectivity index (χ3n) is 2.47. The van der Waals surface area contributed by atoms with E-state index in [2.05, 4.69) is 4.98 Å². The zero-order valence-corrected chi connectivity index (χ0v) is 8.66. The number of hydrogen-bond acceptors (Lipinski definition) is 2. The monoisotopic (exact) mass is 221 g/mol. The molecule has 0 bridgehead atoms. The molecule has 0 saturated heterocycles. The van der Waals surface area contributed by atoms with Crippen molar-refractivity contribution in [1.29, 1.82) is 0 Å². The van der Waals surface area contributed by atoms with Crippen LogP contribution < -0.4 is 5.56 Å². The summed E-state index contributed by atoms with van der Waals surface area (Å²) in [7, 11) is 0. The lowest BCUT2D eigenvalue weighted by Crippen LogP contribution is -2.09. The summed E-state index contributed by atoms with van der Waals surface area (Å²) in [6, 6.07) is 5.95. The minimum absolute atomic E-state index is 0.0868. The number of fused-ring (bicyclic) bond motifs is 1. The number of aliphatic hydroxyl groups is 1. The van der Waals surface area contributed by atoms with Gasteiger partial charge in [0.1, 0.15) is 5.82 Å². The van der Waals surface area contributed by atoms with Crippen molar-refractivity contribution in [3.05, 3.63) is 46.1 Å². The number of aryl methyl sites for hydroxylation is 1. The molecule has 0 spiro atoms. The van der Waals surface area contributed by atoms with Crippen LogP contribution in [0.2, 0.25) is 0 Å². The molecule has 2 rings (SSSR count). The number of pyridine rings is 1. The molecule has 4 heteroatoms. The van der Waals surface area contributed by atoms with Gasteiger partial charge in [0.2, 0.25) is 0 Å². The summed E-state index contributed by atoms with van der Waals surface area (Å²) in [5, 5.41) is 9.78. The molecule has 2 aromatic rings. The van der Waals surface area contributed by atoms with Crippen LogP contribution in [0.4, 0.5) is 4.39 Å². The standard InChI is InChI=1S/C12H12FNO2/c13-9-4-3-8-6-10(2-1-5-15)14-12(16)11(8)7-9/h3-4,6-7,15H,1-2,5H2,(H,14,16). The molecule has 0 radical (unpaired) electrons. The molecule has 3 nitrogen and oxygen atoms in total. The molecule has 1 heterocycles. The molecular weight excluding hydrogens is 209 g/mol. The Labute approximate surface area is 91.5 Å². The van der Waals surface area contributed by atoms with Crippen LogP contribution in [0.1, 0.15) is 12.1 Å². The zero-order valence-electron chi connectivity index (χ0n) is 8.66. The van der Waals surface area contributed by atoms with Gasteiger partial charge in [-0.05, 0) is 36.4 Å². The van der Waals surface area contributed by atoms with Crippen LogP contribution in [0.25, 0.3) is 10.8 Å². The summed E-state index contributed by atoms with van der Waals surface area (Å²) in [6.45, 7) is 0.0868. The zero-order chi connectivity index (χ0) is 11.5. The lowest BCUT2D eigenvalue weighted by atomic mass is 10.1. The lowest BCUT2D eigenvalue weighted by Gasteiger charge is -2.02. The number of H-pyrrole nitrogens is 1. The first kappa shape index (κ1) is 10.8. The Morgan fingerprint density at radius 2 is 2.12 bits per heavy atom. The van der Waals surface area contributed by atoms with Gasteiger partial charge in [-0.25, -0.2) is 4.39 Å². The minimum Gasteiger partial charge on any atom is -0.396 e. The van der Waals surface area contributed by atoms with Gasteiger partial charge >= 0.3 is 0 Å². The summed E-state index contributed by atoms with van der Waals surface area (Å²) in [4.78, 5) is 14.3. The topological polar surface area (TPSA) is 53.1 Å². The van der Waals surface area contributed by atoms with E-state index in [0.29, 0.717) is 18.2 Å². The molecule has 16 heavy (non-hydrogen) atoms. The summed E-state index contributed by atoms with van der Waals surface area (Å²) < 4.78 is 12.9. The Morgan fingerprint density at radius 3 is 2.88 bits per heavy atom. The first-order valence-electron chi connectivity index (χ1n) is 5.13. The molecule has 0 amide bonds. The van der Waals surface area contributed by atoms with Crippen molar-refractivity contribution in [2.45, 2.75) is 12.8 Å². The van der Waals surface area contributed by atoms with Gasteiger partial charge < -0.3 is 10.1 Å². The maximum atomic E-state index is 12.9. The molecule has 0 saturated carbocycles. The van der Waals surface area contributed by atoms with Gasteiger partial charge in [0.25, 0.3) is 5.56 Å². The SMILES string of the molecule is O=c1[nH]c(CCCO)cc2ccc(F)cc12. The van der Waals surface area contributed by atoms with Crippen LogP contribution in [0.5, 0.6) is 0 Å². The normalized spacial score (nSPS) is 10.9. The molecule has 84 valence electrons. The Kier molecular flexibility index (Phi) is 3.01. The summed E-state index contributed by atoms with van der Waals surface area (Å²) in [5.41, 5.74) is 0.475. The highest BCUT2D eigenvalue weighted by Crippen LogP contribution is 2.12. The quantitative estimate of drug-likeness (QED) is 0.827. The Balaban J connectivity index is 2.51. The number of nitrogens with one attached hydrogen (secondary N) is 1. The van der Waals surface area contributed by atoms with Gasteiger partial charge in [-0.2, -0.15) is 0 Å². The number of aromatic amines is 1. The molecule has 0 unspecified atom stereocenters. The van der Waals surface area contributed by atoms with E-state index in [0.717, 1.165) is 11.1 Å². The molecular formula is C12H12FNO2. The molecule has 0 atom stereocenters. The second-order valence-electron chi connectivity index (χ2n) is 3.68. The number of halogens is 1. The van der Waals surface area contributed by atoms with Crippen molar-refractivity contribution in [1.82, 2.24) is 4.98 Å². The molecule has 0 aliphatic rings. The van der Waals surface area contributed by atoms with Crippen molar-refractivity contribution < 1.29 is 9.50 Å². The summed E-state index contributed by atoms with van der Waals surface area (Å²) >= 11 is 0. The molecule has 1 aromatic carbocycles. The van der Waals surface area contributed by atoms with Crippen molar-refractivity contribution in [3.8, 4) is 0 Å². The summed E-state index contributed by atoms with van der Waals surface area (Å²) in [6.07, 6.45) is 1.21. The highest BCUT2D eigenvalue weighted by Gasteiger charge is 2.03. The van der Waals surface area contributed by atoms with E-state index in [1.807, 2.05) is 6.07 Å². The number of rotatable bonds is 3. The second kappa shape index (κ2) is 4.45. The molecule has 0 fully saturated rings. The minimum atomic E-state index is -0.416. The van der Waals surface area contributed by atoms with Gasteiger partial charge in [-0.1, -0.05) is 6.07 Å². The van der Waals surface area contributed by atoms with Gasteiger partial charge in [0, 0.05) is 17.7 Å². The Bertz CT molecular complexity index is 562. The highest BCUT2D eigenvalue weighted by atomic mass is 19.1. The maximum Gasteiger partial charge on any atom is 0.256 e. The van der Waals surface area contributed by atoms with Crippen molar-refractivity contribution in [2.75, 3.05) is 6.61 Å². The summed E-state index contributed by atoms with van der Waals surface area (Å²) in [5.74, 6) is -0.416. The van der Waals surface area contributed by atoms with E-state index in [1.54, 1.807) is 6.07 Å². The number of aromatic nitrogens is 1. The molecule has 2 N–H and O–H groups in total. The average molecular weight is 221 g/mol. The van der Waals surface area contributed by atoms with Crippen LogP contribution in [0.15, 0.2) is 29.1 Å². The van der Waals surface area contributed by atoms with Gasteiger partial charge in [0.15, 0.2) is 0 Å².